The molecule has 0 bridgehead atoms. The first kappa shape index (κ1) is 10.4. The first-order valence-electron chi connectivity index (χ1n) is 5.92. The summed E-state index contributed by atoms with van der Waals surface area (Å²) in [4.78, 5) is 2.50. The van der Waals surface area contributed by atoms with E-state index in [1.807, 2.05) is 0 Å². The van der Waals surface area contributed by atoms with Gasteiger partial charge in [-0.15, -0.1) is 0 Å². The molecule has 0 spiro atoms. The fraction of sp³-hybridized carbons (Fsp3) is 1.00. The number of aliphatic hydroxyl groups is 1. The molecule has 0 aromatic heterocycles. The first-order chi connectivity index (χ1) is 6.77. The minimum absolute atomic E-state index is 0.0897. The van der Waals surface area contributed by atoms with Crippen LogP contribution in [-0.4, -0.2) is 47.8 Å². The molecule has 3 heteroatoms. The van der Waals surface area contributed by atoms with Crippen LogP contribution >= 0.6 is 0 Å². The number of hydrogen-bond donors (Lipinski definition) is 2. The Balaban J connectivity index is 1.92. The molecule has 2 rings (SSSR count). The third-order valence-electron chi connectivity index (χ3n) is 3.65. The second kappa shape index (κ2) is 4.60. The summed E-state index contributed by atoms with van der Waals surface area (Å²) in [5.41, 5.74) is 0. The van der Waals surface area contributed by atoms with E-state index in [0.29, 0.717) is 12.1 Å². The van der Waals surface area contributed by atoms with E-state index in [4.69, 9.17) is 0 Å². The Morgan fingerprint density at radius 2 is 2.14 bits per heavy atom. The molecular weight excluding hydrogens is 176 g/mol. The minimum Gasteiger partial charge on any atom is -0.392 e. The van der Waals surface area contributed by atoms with Gasteiger partial charge >= 0.3 is 0 Å². The van der Waals surface area contributed by atoms with Crippen LogP contribution in [0.25, 0.3) is 0 Å². The number of nitrogens with zero attached hydrogens (tertiary/aromatic N) is 1. The summed E-state index contributed by atoms with van der Waals surface area (Å²) in [7, 11) is 0. The zero-order valence-corrected chi connectivity index (χ0v) is 9.08. The average Bonchev–Trinajstić information content (AvgIpc) is 2.23. The second-order valence-electron chi connectivity index (χ2n) is 4.78. The Labute approximate surface area is 86.5 Å². The molecule has 3 nitrogen and oxygen atoms in total. The predicted molar refractivity (Wildman–Crippen MR) is 57.3 cm³/mol. The van der Waals surface area contributed by atoms with E-state index in [-0.39, 0.29) is 6.10 Å². The summed E-state index contributed by atoms with van der Waals surface area (Å²) >= 11 is 0. The van der Waals surface area contributed by atoms with Gasteiger partial charge < -0.3 is 10.4 Å². The average molecular weight is 198 g/mol. The summed E-state index contributed by atoms with van der Waals surface area (Å²) in [5.74, 6) is 0. The molecule has 2 aliphatic rings. The van der Waals surface area contributed by atoms with E-state index < -0.39 is 0 Å². The quantitative estimate of drug-likeness (QED) is 0.647. The number of hydrogen-bond acceptors (Lipinski definition) is 3. The Kier molecular flexibility index (Phi) is 3.42. The molecule has 0 aromatic rings. The molecule has 0 amide bonds. The van der Waals surface area contributed by atoms with Crippen molar-refractivity contribution in [3.8, 4) is 0 Å². The lowest BCUT2D eigenvalue weighted by Gasteiger charge is -2.43. The summed E-state index contributed by atoms with van der Waals surface area (Å²) < 4.78 is 0. The molecular formula is C11H22N2O. The summed E-state index contributed by atoms with van der Waals surface area (Å²) in [6, 6.07) is 1.32. The molecule has 2 saturated heterocycles. The number of aliphatic hydroxyl groups excluding tert-OH is 1. The fourth-order valence-corrected chi connectivity index (χ4v) is 2.74. The van der Waals surface area contributed by atoms with Gasteiger partial charge in [-0.3, -0.25) is 4.90 Å². The molecule has 3 unspecified atom stereocenters. The zero-order valence-electron chi connectivity index (χ0n) is 9.08. The van der Waals surface area contributed by atoms with Gasteiger partial charge in [0, 0.05) is 25.2 Å². The van der Waals surface area contributed by atoms with Crippen molar-refractivity contribution in [2.75, 3.05) is 19.6 Å². The lowest BCUT2D eigenvalue weighted by atomic mass is 9.96. The summed E-state index contributed by atoms with van der Waals surface area (Å²) in [6.45, 7) is 5.45. The minimum atomic E-state index is -0.0897. The monoisotopic (exact) mass is 198 g/mol. The van der Waals surface area contributed by atoms with Crippen LogP contribution in [-0.2, 0) is 0 Å². The molecule has 3 atom stereocenters. The third kappa shape index (κ3) is 2.27. The van der Waals surface area contributed by atoms with Gasteiger partial charge in [0.25, 0.3) is 0 Å². The van der Waals surface area contributed by atoms with Crippen LogP contribution in [0.2, 0.25) is 0 Å². The Bertz CT molecular complexity index is 180. The van der Waals surface area contributed by atoms with Crippen molar-refractivity contribution in [3.05, 3.63) is 0 Å². The maximum absolute atomic E-state index is 9.67. The fourth-order valence-electron chi connectivity index (χ4n) is 2.74. The number of β-amino-alcohol motifs (C(OH)–C–C–N with tert-alkyl or cyclic N) is 1. The molecule has 0 aliphatic carbocycles. The zero-order chi connectivity index (χ0) is 9.97. The van der Waals surface area contributed by atoms with Crippen LogP contribution < -0.4 is 5.32 Å². The van der Waals surface area contributed by atoms with Crippen LogP contribution in [0.15, 0.2) is 0 Å². The van der Waals surface area contributed by atoms with E-state index in [1.165, 1.54) is 19.4 Å². The predicted octanol–water partition coefficient (Wildman–Crippen LogP) is 0.584. The van der Waals surface area contributed by atoms with Crippen molar-refractivity contribution in [3.63, 3.8) is 0 Å². The molecule has 0 radical (unpaired) electrons. The summed E-state index contributed by atoms with van der Waals surface area (Å²) in [6.07, 6.45) is 4.62. The van der Waals surface area contributed by atoms with Crippen LogP contribution in [0.3, 0.4) is 0 Å². The molecule has 2 aliphatic heterocycles. The van der Waals surface area contributed by atoms with E-state index >= 15 is 0 Å². The molecule has 2 heterocycles. The van der Waals surface area contributed by atoms with Crippen LogP contribution in [0.1, 0.15) is 32.6 Å². The number of piperidine rings is 2. The highest BCUT2D eigenvalue weighted by molar-refractivity contribution is 4.86. The van der Waals surface area contributed by atoms with E-state index in [9.17, 15) is 5.11 Å². The normalized spacial score (nSPS) is 41.1. The van der Waals surface area contributed by atoms with Gasteiger partial charge in [0.1, 0.15) is 0 Å². The van der Waals surface area contributed by atoms with Crippen molar-refractivity contribution in [2.24, 2.45) is 0 Å². The molecule has 0 aromatic carbocycles. The van der Waals surface area contributed by atoms with Crippen molar-refractivity contribution in [1.82, 2.24) is 10.2 Å². The van der Waals surface area contributed by atoms with E-state index in [0.717, 1.165) is 25.9 Å². The lowest BCUT2D eigenvalue weighted by molar-refractivity contribution is 0.00855. The topological polar surface area (TPSA) is 35.5 Å². The van der Waals surface area contributed by atoms with Crippen LogP contribution in [0.4, 0.5) is 0 Å². The Morgan fingerprint density at radius 1 is 1.29 bits per heavy atom. The van der Waals surface area contributed by atoms with Crippen molar-refractivity contribution >= 4 is 0 Å². The summed E-state index contributed by atoms with van der Waals surface area (Å²) in [5, 5.41) is 13.1. The smallest absolute Gasteiger partial charge is 0.0667 e. The van der Waals surface area contributed by atoms with Gasteiger partial charge in [-0.2, -0.15) is 0 Å². The van der Waals surface area contributed by atoms with Gasteiger partial charge in [0.15, 0.2) is 0 Å². The first-order valence-corrected chi connectivity index (χ1v) is 5.92. The lowest BCUT2D eigenvalue weighted by Crippen LogP contribution is -2.54. The molecule has 82 valence electrons. The molecule has 2 fully saturated rings. The number of rotatable bonds is 1. The van der Waals surface area contributed by atoms with Crippen molar-refractivity contribution < 1.29 is 5.11 Å². The van der Waals surface area contributed by atoms with Gasteiger partial charge in [0.05, 0.1) is 6.10 Å². The molecule has 2 N–H and O–H groups in total. The molecule has 14 heavy (non-hydrogen) atoms. The largest absolute Gasteiger partial charge is 0.392 e. The van der Waals surface area contributed by atoms with Gasteiger partial charge in [0.2, 0.25) is 0 Å². The maximum atomic E-state index is 9.67. The van der Waals surface area contributed by atoms with Crippen LogP contribution in [0, 0.1) is 0 Å². The highest BCUT2D eigenvalue weighted by Crippen LogP contribution is 2.22. The van der Waals surface area contributed by atoms with Crippen molar-refractivity contribution in [1.29, 1.82) is 0 Å². The van der Waals surface area contributed by atoms with Gasteiger partial charge in [-0.05, 0) is 39.2 Å². The third-order valence-corrected chi connectivity index (χ3v) is 3.65. The molecule has 0 saturated carbocycles. The van der Waals surface area contributed by atoms with E-state index in [1.54, 1.807) is 0 Å². The number of likely N-dealkylation sites (tertiary alicyclic amines) is 1. The Morgan fingerprint density at radius 3 is 2.86 bits per heavy atom. The number of nitrogens with one attached hydrogen (secondary N) is 1. The highest BCUT2D eigenvalue weighted by Gasteiger charge is 2.30. The Hall–Kier alpha value is -0.120. The standard InChI is InChI=1S/C11H22N2O/c1-9-4-5-11(14)8-13(9)10-3-2-6-12-7-10/h9-12,14H,2-8H2,1H3. The van der Waals surface area contributed by atoms with Crippen LogP contribution in [0.5, 0.6) is 0 Å². The highest BCUT2D eigenvalue weighted by atomic mass is 16.3. The maximum Gasteiger partial charge on any atom is 0.0667 e. The van der Waals surface area contributed by atoms with E-state index in [2.05, 4.69) is 17.1 Å². The second-order valence-corrected chi connectivity index (χ2v) is 4.78. The SMILES string of the molecule is CC1CCC(O)CN1C1CCCNC1. The van der Waals surface area contributed by atoms with Crippen molar-refractivity contribution in [2.45, 2.75) is 50.8 Å². The van der Waals surface area contributed by atoms with Gasteiger partial charge in [-0.25, -0.2) is 0 Å². The van der Waals surface area contributed by atoms with Gasteiger partial charge in [-0.1, -0.05) is 0 Å².